The first-order valence-electron chi connectivity index (χ1n) is 4.19. The number of nitrogens with zero attached hydrogens (tertiary/aromatic N) is 1. The quantitative estimate of drug-likeness (QED) is 0.553. The summed E-state index contributed by atoms with van der Waals surface area (Å²) in [4.78, 5) is 0.636. The summed E-state index contributed by atoms with van der Waals surface area (Å²) in [7, 11) is 2.07. The largest absolute Gasteiger partial charge is 0.422 e. The number of anilines is 1. The molecule has 0 aromatic heterocycles. The maximum atomic E-state index is 13.2. The topological polar surface area (TPSA) is 3.24 Å². The summed E-state index contributed by atoms with van der Waals surface area (Å²) in [6.45, 7) is 0. The minimum absolute atomic E-state index is 0.636. The Labute approximate surface area is 91.4 Å². The van der Waals surface area contributed by atoms with Gasteiger partial charge in [-0.3, -0.25) is 0 Å². The Bertz CT molecular complexity index is 421. The highest BCUT2D eigenvalue weighted by atomic mass is 19.4. The van der Waals surface area contributed by atoms with Crippen LogP contribution in [0.15, 0.2) is 0 Å². The van der Waals surface area contributed by atoms with Crippen LogP contribution >= 0.6 is 0 Å². The van der Waals surface area contributed by atoms with Gasteiger partial charge < -0.3 is 4.90 Å². The second kappa shape index (κ2) is 4.08. The van der Waals surface area contributed by atoms with E-state index in [0.29, 0.717) is 4.90 Å². The lowest BCUT2D eigenvalue weighted by Crippen LogP contribution is -2.20. The molecule has 0 spiro atoms. The van der Waals surface area contributed by atoms with Gasteiger partial charge in [0, 0.05) is 14.1 Å². The molecule has 0 aliphatic rings. The van der Waals surface area contributed by atoms with Crippen molar-refractivity contribution in [2.45, 2.75) is 6.18 Å². The van der Waals surface area contributed by atoms with E-state index in [1.54, 1.807) is 0 Å². The summed E-state index contributed by atoms with van der Waals surface area (Å²) >= 11 is 0. The maximum absolute atomic E-state index is 13.2. The third kappa shape index (κ3) is 2.16. The summed E-state index contributed by atoms with van der Waals surface area (Å²) in [5.74, 6) is -9.08. The predicted octanol–water partition coefficient (Wildman–Crippen LogP) is 3.33. The van der Waals surface area contributed by atoms with Crippen molar-refractivity contribution < 1.29 is 30.7 Å². The molecule has 0 aliphatic heterocycles. The van der Waals surface area contributed by atoms with E-state index in [1.165, 1.54) is 0 Å². The van der Waals surface area contributed by atoms with Gasteiger partial charge in [0.1, 0.15) is 11.3 Å². The molecule has 0 heterocycles. The van der Waals surface area contributed by atoms with E-state index in [4.69, 9.17) is 0 Å². The van der Waals surface area contributed by atoms with E-state index < -0.39 is 40.7 Å². The van der Waals surface area contributed by atoms with Crippen LogP contribution in [-0.2, 0) is 6.18 Å². The van der Waals surface area contributed by atoms with Crippen LogP contribution in [0, 0.1) is 23.3 Å². The molecular formula is C9H6F7N. The summed E-state index contributed by atoms with van der Waals surface area (Å²) in [6, 6.07) is 0. The van der Waals surface area contributed by atoms with Gasteiger partial charge in [-0.25, -0.2) is 17.6 Å². The van der Waals surface area contributed by atoms with Crippen molar-refractivity contribution in [1.82, 2.24) is 0 Å². The van der Waals surface area contributed by atoms with Crippen LogP contribution in [0.3, 0.4) is 0 Å². The van der Waals surface area contributed by atoms with Crippen LogP contribution in [-0.4, -0.2) is 14.1 Å². The van der Waals surface area contributed by atoms with Gasteiger partial charge in [-0.05, 0) is 0 Å². The summed E-state index contributed by atoms with van der Waals surface area (Å²) in [5, 5.41) is 0. The van der Waals surface area contributed by atoms with Crippen LogP contribution in [0.2, 0.25) is 0 Å². The number of benzene rings is 1. The monoisotopic (exact) mass is 261 g/mol. The van der Waals surface area contributed by atoms with Crippen LogP contribution in [0.25, 0.3) is 0 Å². The smallest absolute Gasteiger partial charge is 0.373 e. The zero-order chi connectivity index (χ0) is 13.5. The van der Waals surface area contributed by atoms with Gasteiger partial charge in [0.15, 0.2) is 23.3 Å². The predicted molar refractivity (Wildman–Crippen MR) is 45.6 cm³/mol. The SMILES string of the molecule is CN(C)c1c(F)c(F)c(C(F)(F)F)c(F)c1F. The van der Waals surface area contributed by atoms with Crippen molar-refractivity contribution in [2.75, 3.05) is 19.0 Å². The van der Waals surface area contributed by atoms with Crippen molar-refractivity contribution in [1.29, 1.82) is 0 Å². The zero-order valence-corrected chi connectivity index (χ0v) is 8.59. The van der Waals surface area contributed by atoms with E-state index in [9.17, 15) is 30.7 Å². The molecule has 0 amide bonds. The third-order valence-electron chi connectivity index (χ3n) is 1.97. The molecule has 0 fully saturated rings. The Morgan fingerprint density at radius 3 is 1.35 bits per heavy atom. The first-order valence-corrected chi connectivity index (χ1v) is 4.19. The average molecular weight is 261 g/mol. The second-order valence-electron chi connectivity index (χ2n) is 3.37. The average Bonchev–Trinajstić information content (AvgIpc) is 2.12. The number of rotatable bonds is 1. The van der Waals surface area contributed by atoms with E-state index >= 15 is 0 Å². The fourth-order valence-electron chi connectivity index (χ4n) is 1.26. The first kappa shape index (κ1) is 13.6. The normalized spacial score (nSPS) is 11.8. The Morgan fingerprint density at radius 2 is 1.12 bits per heavy atom. The van der Waals surface area contributed by atoms with Crippen LogP contribution < -0.4 is 4.90 Å². The number of hydrogen-bond donors (Lipinski definition) is 0. The van der Waals surface area contributed by atoms with E-state index in [-0.39, 0.29) is 0 Å². The molecule has 0 radical (unpaired) electrons. The molecule has 0 aliphatic carbocycles. The minimum Gasteiger partial charge on any atom is -0.373 e. The molecule has 8 heteroatoms. The van der Waals surface area contributed by atoms with E-state index in [0.717, 1.165) is 14.1 Å². The molecule has 0 saturated carbocycles. The lowest BCUT2D eigenvalue weighted by molar-refractivity contribution is -0.143. The van der Waals surface area contributed by atoms with Crippen LogP contribution in [0.5, 0.6) is 0 Å². The van der Waals surface area contributed by atoms with Gasteiger partial charge in [0.2, 0.25) is 0 Å². The van der Waals surface area contributed by atoms with Crippen molar-refractivity contribution in [3.63, 3.8) is 0 Å². The Kier molecular flexibility index (Phi) is 3.26. The lowest BCUT2D eigenvalue weighted by Gasteiger charge is -2.18. The van der Waals surface area contributed by atoms with Gasteiger partial charge in [0.05, 0.1) is 0 Å². The molecule has 0 unspecified atom stereocenters. The number of hydrogen-bond acceptors (Lipinski definition) is 1. The molecule has 1 aromatic carbocycles. The van der Waals surface area contributed by atoms with Gasteiger partial charge in [0.25, 0.3) is 0 Å². The molecule has 1 aromatic rings. The van der Waals surface area contributed by atoms with Crippen molar-refractivity contribution in [3.8, 4) is 0 Å². The summed E-state index contributed by atoms with van der Waals surface area (Å²) in [5.41, 5.74) is -3.77. The molecular weight excluding hydrogens is 255 g/mol. The van der Waals surface area contributed by atoms with Gasteiger partial charge in [-0.1, -0.05) is 0 Å². The highest BCUT2D eigenvalue weighted by Gasteiger charge is 2.42. The Hall–Kier alpha value is -1.47. The molecule has 0 N–H and O–H groups in total. The third-order valence-corrected chi connectivity index (χ3v) is 1.97. The van der Waals surface area contributed by atoms with E-state index in [1.807, 2.05) is 0 Å². The van der Waals surface area contributed by atoms with Gasteiger partial charge in [-0.15, -0.1) is 0 Å². The minimum atomic E-state index is -5.51. The fraction of sp³-hybridized carbons (Fsp3) is 0.333. The Balaban J connectivity index is 3.71. The zero-order valence-electron chi connectivity index (χ0n) is 8.59. The van der Waals surface area contributed by atoms with E-state index in [2.05, 4.69) is 0 Å². The van der Waals surface area contributed by atoms with Crippen molar-refractivity contribution in [3.05, 3.63) is 28.8 Å². The van der Waals surface area contributed by atoms with Gasteiger partial charge in [-0.2, -0.15) is 13.2 Å². The maximum Gasteiger partial charge on any atom is 0.422 e. The molecule has 17 heavy (non-hydrogen) atoms. The van der Waals surface area contributed by atoms with Crippen LogP contribution in [0.1, 0.15) is 5.56 Å². The number of alkyl halides is 3. The van der Waals surface area contributed by atoms with Gasteiger partial charge >= 0.3 is 6.18 Å². The molecule has 1 nitrogen and oxygen atoms in total. The highest BCUT2D eigenvalue weighted by Crippen LogP contribution is 2.38. The lowest BCUT2D eigenvalue weighted by atomic mass is 10.1. The fourth-order valence-corrected chi connectivity index (χ4v) is 1.26. The van der Waals surface area contributed by atoms with Crippen molar-refractivity contribution >= 4 is 5.69 Å². The summed E-state index contributed by atoms with van der Waals surface area (Å²) < 4.78 is 88.9. The standard InChI is InChI=1S/C9H6F7N/c1-17(2)8-6(12)4(10)3(9(14,15)16)5(11)7(8)13/h1-2H3. The highest BCUT2D eigenvalue weighted by molar-refractivity contribution is 5.51. The molecule has 1 rings (SSSR count). The van der Waals surface area contributed by atoms with Crippen molar-refractivity contribution in [2.24, 2.45) is 0 Å². The second-order valence-corrected chi connectivity index (χ2v) is 3.37. The molecule has 0 bridgehead atoms. The molecule has 96 valence electrons. The Morgan fingerprint density at radius 1 is 0.765 bits per heavy atom. The number of halogens is 7. The molecule has 0 atom stereocenters. The van der Waals surface area contributed by atoms with Crippen LogP contribution in [0.4, 0.5) is 36.4 Å². The molecule has 0 saturated heterocycles. The first-order chi connectivity index (χ1) is 7.59. The summed E-state index contributed by atoms with van der Waals surface area (Å²) in [6.07, 6.45) is -5.51.